The van der Waals surface area contributed by atoms with Gasteiger partial charge in [0.05, 0.1) is 32.2 Å². The Kier molecular flexibility index (Phi) is 5.78. The molecule has 0 N–H and O–H groups in total. The molecule has 6 nitrogen and oxygen atoms in total. The summed E-state index contributed by atoms with van der Waals surface area (Å²) in [6.45, 7) is 7.38. The topological polar surface area (TPSA) is 63.2 Å². The van der Waals surface area contributed by atoms with E-state index in [1.54, 1.807) is 6.08 Å². The van der Waals surface area contributed by atoms with E-state index in [2.05, 4.69) is 6.58 Å². The Morgan fingerprint density at radius 3 is 2.76 bits per heavy atom. The molecule has 0 radical (unpaired) electrons. The van der Waals surface area contributed by atoms with E-state index in [0.717, 1.165) is 0 Å². The number of carbonyl (C=O) groups is 1. The number of ether oxygens (including phenoxy) is 5. The molecule has 0 saturated carbocycles. The van der Waals surface area contributed by atoms with Crippen LogP contribution in [0.5, 0.6) is 0 Å². The molecule has 6 heteroatoms. The summed E-state index contributed by atoms with van der Waals surface area (Å²) in [6, 6.07) is 0. The second kappa shape index (κ2) is 7.59. The highest BCUT2D eigenvalue weighted by atomic mass is 16.7. The Morgan fingerprint density at radius 1 is 1.48 bits per heavy atom. The fraction of sp³-hybridized carbons (Fsp3) is 0.667. The molecule has 0 spiro atoms. The summed E-state index contributed by atoms with van der Waals surface area (Å²) in [6.07, 6.45) is 2.91. The average Bonchev–Trinajstić information content (AvgIpc) is 3.00. The summed E-state index contributed by atoms with van der Waals surface area (Å²) in [5.74, 6) is -0.764. The van der Waals surface area contributed by atoms with Gasteiger partial charge in [0.25, 0.3) is 0 Å². The zero-order valence-electron chi connectivity index (χ0n) is 12.4. The van der Waals surface area contributed by atoms with E-state index in [1.807, 2.05) is 6.92 Å². The van der Waals surface area contributed by atoms with Crippen LogP contribution in [0.3, 0.4) is 0 Å². The van der Waals surface area contributed by atoms with Crippen molar-refractivity contribution in [3.8, 4) is 0 Å². The van der Waals surface area contributed by atoms with Crippen molar-refractivity contribution in [1.82, 2.24) is 0 Å². The van der Waals surface area contributed by atoms with Gasteiger partial charge in [0.15, 0.2) is 6.29 Å². The van der Waals surface area contributed by atoms with Crippen molar-refractivity contribution in [3.63, 3.8) is 0 Å². The zero-order valence-corrected chi connectivity index (χ0v) is 12.4. The first-order valence-corrected chi connectivity index (χ1v) is 7.12. The Hall–Kier alpha value is -1.37. The van der Waals surface area contributed by atoms with Crippen LogP contribution in [0.4, 0.5) is 0 Å². The lowest BCUT2D eigenvalue weighted by Crippen LogP contribution is -2.38. The van der Waals surface area contributed by atoms with Gasteiger partial charge in [0.2, 0.25) is 6.29 Å². The number of esters is 1. The SMILES string of the molecule is C=C[C@H]1[C@H](OCC)OC=C(C(=O)OC)[C@@H]1CC1OCCO1. The van der Waals surface area contributed by atoms with Gasteiger partial charge in [-0.05, 0) is 6.92 Å². The Labute approximate surface area is 124 Å². The molecule has 2 rings (SSSR count). The van der Waals surface area contributed by atoms with Crippen molar-refractivity contribution < 1.29 is 28.5 Å². The lowest BCUT2D eigenvalue weighted by molar-refractivity contribution is -0.159. The van der Waals surface area contributed by atoms with Crippen molar-refractivity contribution in [3.05, 3.63) is 24.5 Å². The molecule has 0 bridgehead atoms. The molecule has 2 aliphatic heterocycles. The van der Waals surface area contributed by atoms with Crippen LogP contribution < -0.4 is 0 Å². The molecule has 2 heterocycles. The van der Waals surface area contributed by atoms with Crippen molar-refractivity contribution in [2.75, 3.05) is 26.9 Å². The van der Waals surface area contributed by atoms with Crippen LogP contribution in [-0.2, 0) is 28.5 Å². The van der Waals surface area contributed by atoms with Gasteiger partial charge >= 0.3 is 5.97 Å². The lowest BCUT2D eigenvalue weighted by Gasteiger charge is -2.36. The maximum absolute atomic E-state index is 11.9. The molecule has 0 unspecified atom stereocenters. The Balaban J connectivity index is 2.20. The van der Waals surface area contributed by atoms with Gasteiger partial charge in [0, 0.05) is 24.9 Å². The first-order valence-electron chi connectivity index (χ1n) is 7.12. The second-order valence-electron chi connectivity index (χ2n) is 4.85. The zero-order chi connectivity index (χ0) is 15.2. The smallest absolute Gasteiger partial charge is 0.337 e. The standard InChI is InChI=1S/C15H22O6/c1-4-10-11(8-13-19-6-7-20-13)12(14(16)17-3)9-21-15(10)18-5-2/h4,9-11,13,15H,1,5-8H2,2-3H3/t10-,11-,15-/m1/s1. The van der Waals surface area contributed by atoms with Crippen molar-refractivity contribution in [1.29, 1.82) is 0 Å². The van der Waals surface area contributed by atoms with Gasteiger partial charge in [-0.1, -0.05) is 6.08 Å². The molecular formula is C15H22O6. The first kappa shape index (κ1) is 16.0. The predicted octanol–water partition coefficient (Wildman–Crippen LogP) is 1.62. The molecule has 3 atom stereocenters. The molecule has 1 saturated heterocycles. The normalized spacial score (nSPS) is 29.6. The summed E-state index contributed by atoms with van der Waals surface area (Å²) in [5.41, 5.74) is 0.456. The molecule has 2 aliphatic rings. The summed E-state index contributed by atoms with van der Waals surface area (Å²) in [4.78, 5) is 11.9. The van der Waals surface area contributed by atoms with Crippen LogP contribution in [0.1, 0.15) is 13.3 Å². The minimum Gasteiger partial charge on any atom is -0.471 e. The van der Waals surface area contributed by atoms with Crippen molar-refractivity contribution >= 4 is 5.97 Å². The average molecular weight is 298 g/mol. The van der Waals surface area contributed by atoms with Crippen LogP contribution in [0, 0.1) is 11.8 Å². The van der Waals surface area contributed by atoms with Gasteiger partial charge in [-0.2, -0.15) is 0 Å². The fourth-order valence-corrected chi connectivity index (χ4v) is 2.66. The number of carbonyl (C=O) groups excluding carboxylic acids is 1. The molecule has 0 aromatic carbocycles. The van der Waals surface area contributed by atoms with E-state index in [-0.39, 0.29) is 18.1 Å². The van der Waals surface area contributed by atoms with E-state index < -0.39 is 12.3 Å². The number of methoxy groups -OCH3 is 1. The van der Waals surface area contributed by atoms with Crippen LogP contribution in [0.2, 0.25) is 0 Å². The van der Waals surface area contributed by atoms with E-state index in [1.165, 1.54) is 13.4 Å². The van der Waals surface area contributed by atoms with E-state index in [0.29, 0.717) is 31.8 Å². The van der Waals surface area contributed by atoms with Crippen LogP contribution >= 0.6 is 0 Å². The van der Waals surface area contributed by atoms with Gasteiger partial charge in [0.1, 0.15) is 0 Å². The van der Waals surface area contributed by atoms with Gasteiger partial charge in [-0.3, -0.25) is 0 Å². The molecule has 0 aliphatic carbocycles. The minimum absolute atomic E-state index is 0.170. The molecule has 0 aromatic rings. The van der Waals surface area contributed by atoms with Crippen LogP contribution in [0.25, 0.3) is 0 Å². The van der Waals surface area contributed by atoms with E-state index >= 15 is 0 Å². The molecule has 0 amide bonds. The van der Waals surface area contributed by atoms with Crippen LogP contribution in [0.15, 0.2) is 24.5 Å². The quantitative estimate of drug-likeness (QED) is 0.548. The number of hydrogen-bond acceptors (Lipinski definition) is 6. The molecule has 21 heavy (non-hydrogen) atoms. The summed E-state index contributed by atoms with van der Waals surface area (Å²) in [7, 11) is 1.35. The Morgan fingerprint density at radius 2 is 2.19 bits per heavy atom. The number of hydrogen-bond donors (Lipinski definition) is 0. The van der Waals surface area contributed by atoms with Gasteiger partial charge in [-0.15, -0.1) is 6.58 Å². The van der Waals surface area contributed by atoms with Gasteiger partial charge < -0.3 is 23.7 Å². The molecule has 0 aromatic heterocycles. The van der Waals surface area contributed by atoms with Crippen molar-refractivity contribution in [2.45, 2.75) is 25.9 Å². The highest BCUT2D eigenvalue weighted by molar-refractivity contribution is 5.88. The second-order valence-corrected chi connectivity index (χ2v) is 4.85. The highest BCUT2D eigenvalue weighted by Crippen LogP contribution is 2.37. The predicted molar refractivity (Wildman–Crippen MR) is 74.1 cm³/mol. The maximum atomic E-state index is 11.9. The summed E-state index contributed by atoms with van der Waals surface area (Å²) in [5, 5.41) is 0. The fourth-order valence-electron chi connectivity index (χ4n) is 2.66. The molecule has 118 valence electrons. The lowest BCUT2D eigenvalue weighted by atomic mass is 9.81. The van der Waals surface area contributed by atoms with Gasteiger partial charge in [-0.25, -0.2) is 4.79 Å². The van der Waals surface area contributed by atoms with Crippen molar-refractivity contribution in [2.24, 2.45) is 11.8 Å². The third-order valence-electron chi connectivity index (χ3n) is 3.67. The third kappa shape index (κ3) is 3.64. The van der Waals surface area contributed by atoms with Crippen LogP contribution in [-0.4, -0.2) is 45.5 Å². The third-order valence-corrected chi connectivity index (χ3v) is 3.67. The minimum atomic E-state index is -0.465. The highest BCUT2D eigenvalue weighted by Gasteiger charge is 2.40. The maximum Gasteiger partial charge on any atom is 0.337 e. The largest absolute Gasteiger partial charge is 0.471 e. The number of rotatable bonds is 6. The monoisotopic (exact) mass is 298 g/mol. The summed E-state index contributed by atoms with van der Waals surface area (Å²) >= 11 is 0. The molecular weight excluding hydrogens is 276 g/mol. The first-order chi connectivity index (χ1) is 10.2. The summed E-state index contributed by atoms with van der Waals surface area (Å²) < 4.78 is 26.9. The van der Waals surface area contributed by atoms with E-state index in [9.17, 15) is 4.79 Å². The molecule has 1 fully saturated rings. The van der Waals surface area contributed by atoms with E-state index in [4.69, 9.17) is 23.7 Å². The Bertz CT molecular complexity index is 399.